The molecular formula is C31H63NO13. The maximum absolute atomic E-state index is 5.79. The first-order valence-corrected chi connectivity index (χ1v) is 16.7. The fraction of sp³-hybridized carbons (Fsp3) is 1.00. The van der Waals surface area contributed by atoms with E-state index in [1.165, 1.54) is 0 Å². The summed E-state index contributed by atoms with van der Waals surface area (Å²) in [5.41, 5.74) is 0. The number of hydrogen-bond acceptors (Lipinski definition) is 14. The van der Waals surface area contributed by atoms with Gasteiger partial charge < -0.3 is 66.9 Å². The van der Waals surface area contributed by atoms with Gasteiger partial charge in [-0.1, -0.05) is 0 Å². The van der Waals surface area contributed by atoms with E-state index in [-0.39, 0.29) is 0 Å². The third-order valence-corrected chi connectivity index (χ3v) is 6.16. The van der Waals surface area contributed by atoms with Gasteiger partial charge in [0.15, 0.2) is 0 Å². The number of piperidine rings is 1. The first-order chi connectivity index (χ1) is 22.4. The van der Waals surface area contributed by atoms with E-state index in [0.717, 1.165) is 25.9 Å². The molecular weight excluding hydrogens is 594 g/mol. The van der Waals surface area contributed by atoms with Crippen molar-refractivity contribution in [2.45, 2.75) is 25.9 Å². The van der Waals surface area contributed by atoms with Crippen LogP contribution in [-0.4, -0.2) is 184 Å². The molecule has 1 aliphatic heterocycles. The smallest absolute Gasteiger partial charge is 0.0704 e. The highest BCUT2D eigenvalue weighted by atomic mass is 16.6. The minimum Gasteiger partial charge on any atom is -0.379 e. The molecule has 45 heavy (non-hydrogen) atoms. The first kappa shape index (κ1) is 42.5. The zero-order chi connectivity index (χ0) is 32.0. The molecule has 0 spiro atoms. The van der Waals surface area contributed by atoms with E-state index in [2.05, 4.69) is 5.32 Å². The highest BCUT2D eigenvalue weighted by Gasteiger charge is 2.12. The van der Waals surface area contributed by atoms with Crippen molar-refractivity contribution >= 4 is 0 Å². The lowest BCUT2D eigenvalue weighted by Gasteiger charge is -2.22. The van der Waals surface area contributed by atoms with Crippen LogP contribution in [0.3, 0.4) is 0 Å². The van der Waals surface area contributed by atoms with Gasteiger partial charge in [0.1, 0.15) is 0 Å². The average Bonchev–Trinajstić information content (AvgIpc) is 3.06. The van der Waals surface area contributed by atoms with Crippen molar-refractivity contribution in [3.8, 4) is 0 Å². The first-order valence-electron chi connectivity index (χ1n) is 16.7. The molecule has 1 N–H and O–H groups in total. The topological polar surface area (TPSA) is 132 Å². The van der Waals surface area contributed by atoms with Gasteiger partial charge in [-0.15, -0.1) is 0 Å². The Labute approximate surface area is 271 Å². The molecule has 0 aromatic heterocycles. The SMILES string of the molecule is CCOCCOCCOCCOCCOCCOCCOCCOCCOCCOCCOCCOCCOC1CCNCC1. The third-order valence-electron chi connectivity index (χ3n) is 6.16. The predicted molar refractivity (Wildman–Crippen MR) is 167 cm³/mol. The third kappa shape index (κ3) is 34.6. The minimum atomic E-state index is 0.372. The Bertz CT molecular complexity index is 548. The molecule has 14 heteroatoms. The zero-order valence-electron chi connectivity index (χ0n) is 27.9. The second kappa shape index (κ2) is 37.9. The van der Waals surface area contributed by atoms with Crippen LogP contribution in [0.2, 0.25) is 0 Å². The van der Waals surface area contributed by atoms with Crippen LogP contribution >= 0.6 is 0 Å². The summed E-state index contributed by atoms with van der Waals surface area (Å²) in [6.07, 6.45) is 2.53. The Morgan fingerprint density at radius 2 is 0.556 bits per heavy atom. The predicted octanol–water partition coefficient (Wildman–Crippen LogP) is 0.974. The molecule has 14 nitrogen and oxygen atoms in total. The van der Waals surface area contributed by atoms with Crippen molar-refractivity contribution in [1.29, 1.82) is 0 Å². The summed E-state index contributed by atoms with van der Waals surface area (Å²) in [7, 11) is 0. The van der Waals surface area contributed by atoms with Crippen LogP contribution in [-0.2, 0) is 61.6 Å². The van der Waals surface area contributed by atoms with Gasteiger partial charge in [-0.25, -0.2) is 0 Å². The highest BCUT2D eigenvalue weighted by molar-refractivity contribution is 4.67. The van der Waals surface area contributed by atoms with Crippen LogP contribution in [0.15, 0.2) is 0 Å². The Hall–Kier alpha value is -0.560. The Morgan fingerprint density at radius 3 is 0.800 bits per heavy atom. The second-order valence-electron chi connectivity index (χ2n) is 9.75. The van der Waals surface area contributed by atoms with Gasteiger partial charge in [-0.05, 0) is 32.9 Å². The van der Waals surface area contributed by atoms with E-state index >= 15 is 0 Å². The largest absolute Gasteiger partial charge is 0.379 e. The monoisotopic (exact) mass is 657 g/mol. The minimum absolute atomic E-state index is 0.372. The molecule has 0 radical (unpaired) electrons. The molecule has 0 saturated carbocycles. The summed E-state index contributed by atoms with van der Waals surface area (Å²) in [6, 6.07) is 0. The zero-order valence-corrected chi connectivity index (χ0v) is 27.9. The number of hydrogen-bond donors (Lipinski definition) is 1. The van der Waals surface area contributed by atoms with Crippen LogP contribution < -0.4 is 5.32 Å². The highest BCUT2D eigenvalue weighted by Crippen LogP contribution is 2.06. The maximum Gasteiger partial charge on any atom is 0.0704 e. The Balaban J connectivity index is 1.60. The Kier molecular flexibility index (Phi) is 35.8. The number of ether oxygens (including phenoxy) is 13. The quantitative estimate of drug-likeness (QED) is 0.0946. The van der Waals surface area contributed by atoms with Crippen molar-refractivity contribution in [3.05, 3.63) is 0 Å². The van der Waals surface area contributed by atoms with Crippen molar-refractivity contribution in [2.24, 2.45) is 0 Å². The van der Waals surface area contributed by atoms with E-state index in [0.29, 0.717) is 171 Å². The lowest BCUT2D eigenvalue weighted by atomic mass is 10.1. The molecule has 0 aliphatic carbocycles. The van der Waals surface area contributed by atoms with Crippen molar-refractivity contribution in [3.63, 3.8) is 0 Å². The molecule has 0 atom stereocenters. The standard InChI is InChI=1S/C31H63NO13/c1-2-33-7-8-34-9-10-35-11-12-36-13-14-37-15-16-38-17-18-39-19-20-40-21-22-41-23-24-42-25-26-43-27-28-44-29-30-45-31-3-5-32-6-4-31/h31-32H,2-30H2,1H3. The molecule has 0 aromatic rings. The van der Waals surface area contributed by atoms with E-state index in [9.17, 15) is 0 Å². The van der Waals surface area contributed by atoms with Crippen molar-refractivity contribution in [1.82, 2.24) is 5.32 Å². The summed E-state index contributed by atoms with van der Waals surface area (Å²) >= 11 is 0. The van der Waals surface area contributed by atoms with Crippen LogP contribution in [0, 0.1) is 0 Å². The second-order valence-corrected chi connectivity index (χ2v) is 9.75. The van der Waals surface area contributed by atoms with Gasteiger partial charge in [-0.2, -0.15) is 0 Å². The average molecular weight is 658 g/mol. The summed E-state index contributed by atoms with van der Waals surface area (Å²) in [5.74, 6) is 0. The van der Waals surface area contributed by atoms with Gasteiger partial charge in [0.05, 0.1) is 165 Å². The van der Waals surface area contributed by atoms with Crippen LogP contribution in [0.1, 0.15) is 19.8 Å². The molecule has 0 bridgehead atoms. The molecule has 1 fully saturated rings. The number of rotatable bonds is 38. The lowest BCUT2D eigenvalue weighted by Crippen LogP contribution is -2.33. The molecule has 1 heterocycles. The molecule has 1 saturated heterocycles. The maximum atomic E-state index is 5.79. The van der Waals surface area contributed by atoms with E-state index in [1.54, 1.807) is 0 Å². The van der Waals surface area contributed by atoms with Gasteiger partial charge in [-0.3, -0.25) is 0 Å². The van der Waals surface area contributed by atoms with E-state index < -0.39 is 0 Å². The van der Waals surface area contributed by atoms with Gasteiger partial charge in [0.25, 0.3) is 0 Å². The van der Waals surface area contributed by atoms with Crippen LogP contribution in [0.4, 0.5) is 0 Å². The lowest BCUT2D eigenvalue weighted by molar-refractivity contribution is -0.0327. The van der Waals surface area contributed by atoms with Gasteiger partial charge in [0.2, 0.25) is 0 Å². The molecule has 1 aliphatic rings. The van der Waals surface area contributed by atoms with Crippen molar-refractivity contribution < 1.29 is 61.6 Å². The molecule has 0 aromatic carbocycles. The summed E-state index contributed by atoms with van der Waals surface area (Å²) in [5, 5.41) is 3.33. The fourth-order valence-electron chi connectivity index (χ4n) is 3.80. The molecule has 1 rings (SSSR count). The van der Waals surface area contributed by atoms with E-state index in [1.807, 2.05) is 6.92 Å². The van der Waals surface area contributed by atoms with Gasteiger partial charge >= 0.3 is 0 Å². The molecule has 0 unspecified atom stereocenters. The fourth-order valence-corrected chi connectivity index (χ4v) is 3.80. The number of nitrogens with one attached hydrogen (secondary N) is 1. The van der Waals surface area contributed by atoms with E-state index in [4.69, 9.17) is 61.6 Å². The van der Waals surface area contributed by atoms with Gasteiger partial charge in [0, 0.05) is 6.61 Å². The summed E-state index contributed by atoms with van der Waals surface area (Å²) in [4.78, 5) is 0. The Morgan fingerprint density at radius 1 is 0.333 bits per heavy atom. The van der Waals surface area contributed by atoms with Crippen LogP contribution in [0.5, 0.6) is 0 Å². The van der Waals surface area contributed by atoms with Crippen LogP contribution in [0.25, 0.3) is 0 Å². The van der Waals surface area contributed by atoms with Crippen molar-refractivity contribution in [2.75, 3.05) is 178 Å². The summed E-state index contributed by atoms with van der Waals surface area (Å²) in [6.45, 7) is 17.8. The molecule has 270 valence electrons. The summed E-state index contributed by atoms with van der Waals surface area (Å²) < 4.78 is 71.1. The molecule has 0 amide bonds. The normalized spacial score (nSPS) is 14.1.